The largest absolute Gasteiger partial charge is 0.309 e. The van der Waals surface area contributed by atoms with Gasteiger partial charge >= 0.3 is 0 Å². The molecule has 1 unspecified atom stereocenters. The smallest absolute Gasteiger partial charge is 0.0538 e. The Morgan fingerprint density at radius 2 is 1.95 bits per heavy atom. The first-order valence-corrected chi connectivity index (χ1v) is 7.99. The van der Waals surface area contributed by atoms with Crippen molar-refractivity contribution in [3.05, 3.63) is 18.0 Å². The molecule has 1 atom stereocenters. The molecule has 0 aliphatic heterocycles. The minimum atomic E-state index is 0.218. The Labute approximate surface area is 123 Å². The first kappa shape index (κ1) is 15.5. The molecule has 0 radical (unpaired) electrons. The van der Waals surface area contributed by atoms with Gasteiger partial charge in [0.05, 0.1) is 12.2 Å². The van der Waals surface area contributed by atoms with E-state index in [1.165, 1.54) is 44.1 Å². The normalized spacial score (nSPS) is 20.9. The molecule has 0 bridgehead atoms. The maximum absolute atomic E-state index is 4.39. The summed E-state index contributed by atoms with van der Waals surface area (Å²) in [5.41, 5.74) is 1.54. The van der Waals surface area contributed by atoms with Crippen LogP contribution in [0.5, 0.6) is 0 Å². The lowest BCUT2D eigenvalue weighted by molar-refractivity contribution is 0.0806. The fraction of sp³-hybridized carbons (Fsp3) is 0.812. The van der Waals surface area contributed by atoms with E-state index in [9.17, 15) is 0 Å². The molecule has 1 aromatic rings. The number of aryl methyl sites for hydroxylation is 1. The SMILES string of the molecule is CCNC(c1cnn(C)c1)C1(N(C)C)CCCCCC1. The average Bonchev–Trinajstić information content (AvgIpc) is 2.70. The molecule has 0 spiro atoms. The molecule has 1 aliphatic carbocycles. The van der Waals surface area contributed by atoms with E-state index in [-0.39, 0.29) is 5.54 Å². The third kappa shape index (κ3) is 3.07. The zero-order valence-corrected chi connectivity index (χ0v) is 13.5. The molecule has 20 heavy (non-hydrogen) atoms. The fourth-order valence-electron chi connectivity index (χ4n) is 3.75. The molecule has 0 amide bonds. The molecule has 0 saturated heterocycles. The minimum Gasteiger partial charge on any atom is -0.309 e. The van der Waals surface area contributed by atoms with Gasteiger partial charge in [-0.3, -0.25) is 4.68 Å². The highest BCUT2D eigenvalue weighted by atomic mass is 15.3. The van der Waals surface area contributed by atoms with Crippen molar-refractivity contribution in [1.29, 1.82) is 0 Å². The summed E-state index contributed by atoms with van der Waals surface area (Å²) in [7, 11) is 6.49. The second-order valence-corrected chi connectivity index (χ2v) is 6.35. The minimum absolute atomic E-state index is 0.218. The van der Waals surface area contributed by atoms with Crippen molar-refractivity contribution in [3.8, 4) is 0 Å². The van der Waals surface area contributed by atoms with Gasteiger partial charge in [-0.15, -0.1) is 0 Å². The highest BCUT2D eigenvalue weighted by Gasteiger charge is 2.41. The quantitative estimate of drug-likeness (QED) is 0.841. The second-order valence-electron chi connectivity index (χ2n) is 6.35. The molecule has 4 nitrogen and oxygen atoms in total. The zero-order valence-electron chi connectivity index (χ0n) is 13.5. The van der Waals surface area contributed by atoms with E-state index in [2.05, 4.69) is 42.5 Å². The van der Waals surface area contributed by atoms with Gasteiger partial charge in [-0.05, 0) is 33.5 Å². The number of nitrogens with zero attached hydrogens (tertiary/aromatic N) is 3. The lowest BCUT2D eigenvalue weighted by Gasteiger charge is -2.46. The van der Waals surface area contributed by atoms with Crippen molar-refractivity contribution < 1.29 is 0 Å². The predicted octanol–water partition coefficient (Wildman–Crippen LogP) is 2.73. The van der Waals surface area contributed by atoms with E-state index in [1.54, 1.807) is 0 Å². The van der Waals surface area contributed by atoms with Crippen LogP contribution in [0.2, 0.25) is 0 Å². The van der Waals surface area contributed by atoms with Crippen LogP contribution in [0, 0.1) is 0 Å². The molecular weight excluding hydrogens is 248 g/mol. The molecule has 1 N–H and O–H groups in total. The number of hydrogen-bond acceptors (Lipinski definition) is 3. The molecule has 2 rings (SSSR count). The van der Waals surface area contributed by atoms with Gasteiger partial charge in [-0.25, -0.2) is 0 Å². The Balaban J connectivity index is 2.35. The van der Waals surface area contributed by atoms with Crippen molar-refractivity contribution in [2.45, 2.75) is 57.0 Å². The van der Waals surface area contributed by atoms with Gasteiger partial charge in [0.15, 0.2) is 0 Å². The molecule has 0 aromatic carbocycles. The van der Waals surface area contributed by atoms with Crippen molar-refractivity contribution in [2.24, 2.45) is 7.05 Å². The molecule has 1 saturated carbocycles. The van der Waals surface area contributed by atoms with Gasteiger partial charge < -0.3 is 10.2 Å². The van der Waals surface area contributed by atoms with E-state index in [1.807, 2.05) is 17.9 Å². The lowest BCUT2D eigenvalue weighted by Crippen LogP contribution is -2.53. The van der Waals surface area contributed by atoms with Crippen LogP contribution in [0.25, 0.3) is 0 Å². The summed E-state index contributed by atoms with van der Waals surface area (Å²) in [4.78, 5) is 2.46. The number of rotatable bonds is 5. The predicted molar refractivity (Wildman–Crippen MR) is 83.7 cm³/mol. The van der Waals surface area contributed by atoms with Gasteiger partial charge in [0.25, 0.3) is 0 Å². The molecule has 1 heterocycles. The van der Waals surface area contributed by atoms with E-state index >= 15 is 0 Å². The topological polar surface area (TPSA) is 33.1 Å². The highest BCUT2D eigenvalue weighted by Crippen LogP contribution is 2.40. The summed E-state index contributed by atoms with van der Waals surface area (Å²) >= 11 is 0. The summed E-state index contributed by atoms with van der Waals surface area (Å²) in [6, 6.07) is 0.370. The summed E-state index contributed by atoms with van der Waals surface area (Å²) in [5, 5.41) is 8.12. The standard InChI is InChI=1S/C16H30N4/c1-5-17-15(14-12-18-20(4)13-14)16(19(2)3)10-8-6-7-9-11-16/h12-13,15,17H,5-11H2,1-4H3. The van der Waals surface area contributed by atoms with Crippen molar-refractivity contribution >= 4 is 0 Å². The molecule has 1 aromatic heterocycles. The average molecular weight is 278 g/mol. The number of hydrogen-bond donors (Lipinski definition) is 1. The van der Waals surface area contributed by atoms with Gasteiger partial charge in [-0.1, -0.05) is 32.6 Å². The van der Waals surface area contributed by atoms with Crippen molar-refractivity contribution in [3.63, 3.8) is 0 Å². The van der Waals surface area contributed by atoms with Gasteiger partial charge in [0.1, 0.15) is 0 Å². The van der Waals surface area contributed by atoms with E-state index in [0.717, 1.165) is 6.54 Å². The van der Waals surface area contributed by atoms with Crippen LogP contribution in [-0.4, -0.2) is 40.9 Å². The number of nitrogens with one attached hydrogen (secondary N) is 1. The Morgan fingerprint density at radius 1 is 1.30 bits per heavy atom. The monoisotopic (exact) mass is 278 g/mol. The fourth-order valence-corrected chi connectivity index (χ4v) is 3.75. The Morgan fingerprint density at radius 3 is 2.40 bits per heavy atom. The third-order valence-electron chi connectivity index (χ3n) is 4.86. The first-order chi connectivity index (χ1) is 9.60. The summed E-state index contributed by atoms with van der Waals surface area (Å²) in [5.74, 6) is 0. The Bertz CT molecular complexity index is 402. The first-order valence-electron chi connectivity index (χ1n) is 7.99. The van der Waals surface area contributed by atoms with Crippen LogP contribution < -0.4 is 5.32 Å². The molecule has 1 fully saturated rings. The summed E-state index contributed by atoms with van der Waals surface area (Å²) in [6.07, 6.45) is 12.2. The van der Waals surface area contributed by atoms with Crippen LogP contribution in [0.4, 0.5) is 0 Å². The maximum Gasteiger partial charge on any atom is 0.0538 e. The summed E-state index contributed by atoms with van der Waals surface area (Å²) in [6.45, 7) is 3.19. The Hall–Kier alpha value is -0.870. The van der Waals surface area contributed by atoms with Crippen molar-refractivity contribution in [1.82, 2.24) is 20.0 Å². The van der Waals surface area contributed by atoms with E-state index < -0.39 is 0 Å². The number of aromatic nitrogens is 2. The maximum atomic E-state index is 4.39. The van der Waals surface area contributed by atoms with E-state index in [4.69, 9.17) is 0 Å². The van der Waals surface area contributed by atoms with Crippen LogP contribution in [0.15, 0.2) is 12.4 Å². The number of likely N-dealkylation sites (N-methyl/N-ethyl adjacent to an activating group) is 2. The lowest BCUT2D eigenvalue weighted by atomic mass is 9.78. The third-order valence-corrected chi connectivity index (χ3v) is 4.86. The zero-order chi connectivity index (χ0) is 14.6. The highest BCUT2D eigenvalue weighted by molar-refractivity contribution is 5.18. The van der Waals surface area contributed by atoms with Gasteiger partial charge in [-0.2, -0.15) is 5.10 Å². The molecule has 4 heteroatoms. The molecular formula is C16H30N4. The Kier molecular flexibility index (Phi) is 5.22. The molecule has 114 valence electrons. The van der Waals surface area contributed by atoms with Gasteiger partial charge in [0.2, 0.25) is 0 Å². The second kappa shape index (κ2) is 6.72. The van der Waals surface area contributed by atoms with Crippen LogP contribution in [-0.2, 0) is 7.05 Å². The molecule has 1 aliphatic rings. The van der Waals surface area contributed by atoms with Crippen molar-refractivity contribution in [2.75, 3.05) is 20.6 Å². The summed E-state index contributed by atoms with van der Waals surface area (Å²) < 4.78 is 1.92. The van der Waals surface area contributed by atoms with E-state index in [0.29, 0.717) is 6.04 Å². The van der Waals surface area contributed by atoms with Crippen LogP contribution in [0.3, 0.4) is 0 Å². The van der Waals surface area contributed by atoms with Gasteiger partial charge in [0, 0.05) is 24.3 Å². The van der Waals surface area contributed by atoms with Crippen LogP contribution in [0.1, 0.15) is 57.1 Å². The van der Waals surface area contributed by atoms with Crippen LogP contribution >= 0.6 is 0 Å².